The second-order valence-electron chi connectivity index (χ2n) is 2.06. The SMILES string of the molecule is C=CC.Cc1ccccc1. The molecule has 1 aromatic carbocycles. The van der Waals surface area contributed by atoms with Gasteiger partial charge in [-0.2, -0.15) is 0 Å². The Morgan fingerprint density at radius 3 is 1.80 bits per heavy atom. The molecule has 0 N–H and O–H groups in total. The number of rotatable bonds is 0. The molecule has 0 aromatic heterocycles. The lowest BCUT2D eigenvalue weighted by Gasteiger charge is -1.82. The van der Waals surface area contributed by atoms with Gasteiger partial charge in [0.15, 0.2) is 0 Å². The number of allylic oxidation sites excluding steroid dienone is 1. The molecule has 0 aliphatic rings. The Bertz CT molecular complexity index is 163. The van der Waals surface area contributed by atoms with E-state index in [9.17, 15) is 0 Å². The maximum Gasteiger partial charge on any atom is -0.0398 e. The van der Waals surface area contributed by atoms with Crippen molar-refractivity contribution in [2.45, 2.75) is 13.8 Å². The molecule has 10 heavy (non-hydrogen) atoms. The summed E-state index contributed by atoms with van der Waals surface area (Å²) in [5.41, 5.74) is 1.32. The third kappa shape index (κ3) is 5.10. The molecule has 0 bridgehead atoms. The second-order valence-corrected chi connectivity index (χ2v) is 2.06. The van der Waals surface area contributed by atoms with E-state index in [4.69, 9.17) is 0 Å². The first-order valence-electron chi connectivity index (χ1n) is 3.40. The van der Waals surface area contributed by atoms with E-state index in [-0.39, 0.29) is 0 Å². The van der Waals surface area contributed by atoms with Crippen molar-refractivity contribution in [2.24, 2.45) is 0 Å². The van der Waals surface area contributed by atoms with E-state index in [1.54, 1.807) is 6.08 Å². The van der Waals surface area contributed by atoms with Crippen LogP contribution in [0.2, 0.25) is 0 Å². The highest BCUT2D eigenvalue weighted by Crippen LogP contribution is 1.92. The first-order chi connectivity index (χ1) is 4.81. The second kappa shape index (κ2) is 6.09. The minimum Gasteiger partial charge on any atom is -0.103 e. The Balaban J connectivity index is 0.000000236. The lowest BCUT2D eigenvalue weighted by atomic mass is 10.2. The largest absolute Gasteiger partial charge is 0.103 e. The monoisotopic (exact) mass is 134 g/mol. The molecule has 0 spiro atoms. The summed E-state index contributed by atoms with van der Waals surface area (Å²) < 4.78 is 0. The van der Waals surface area contributed by atoms with Gasteiger partial charge in [-0.05, 0) is 13.8 Å². The zero-order valence-corrected chi connectivity index (χ0v) is 6.67. The van der Waals surface area contributed by atoms with Gasteiger partial charge >= 0.3 is 0 Å². The molecule has 0 unspecified atom stereocenters. The third-order valence-electron chi connectivity index (χ3n) is 0.940. The lowest BCUT2D eigenvalue weighted by Crippen LogP contribution is -1.62. The van der Waals surface area contributed by atoms with Gasteiger partial charge in [-0.15, -0.1) is 6.58 Å². The van der Waals surface area contributed by atoms with Crippen molar-refractivity contribution in [1.82, 2.24) is 0 Å². The van der Waals surface area contributed by atoms with Gasteiger partial charge in [-0.25, -0.2) is 0 Å². The highest BCUT2D eigenvalue weighted by Gasteiger charge is 1.72. The van der Waals surface area contributed by atoms with Crippen LogP contribution in [0, 0.1) is 6.92 Å². The van der Waals surface area contributed by atoms with Crippen LogP contribution in [0.15, 0.2) is 43.0 Å². The van der Waals surface area contributed by atoms with E-state index in [0.717, 1.165) is 0 Å². The van der Waals surface area contributed by atoms with Gasteiger partial charge in [0, 0.05) is 0 Å². The Morgan fingerprint density at radius 2 is 1.60 bits per heavy atom. The van der Waals surface area contributed by atoms with Gasteiger partial charge in [-0.1, -0.05) is 42.0 Å². The fraction of sp³-hybridized carbons (Fsp3) is 0.200. The Kier molecular flexibility index (Phi) is 5.45. The standard InChI is InChI=1S/C7H8.C3H6/c1-7-5-3-2-4-6-7;1-3-2/h2-6H,1H3;3H,1H2,2H3. The molecular formula is C10H14. The first-order valence-corrected chi connectivity index (χ1v) is 3.40. The Labute approximate surface area is 63.2 Å². The van der Waals surface area contributed by atoms with Crippen LogP contribution in [0.5, 0.6) is 0 Å². The van der Waals surface area contributed by atoms with Gasteiger partial charge in [0.1, 0.15) is 0 Å². The molecule has 0 amide bonds. The van der Waals surface area contributed by atoms with Gasteiger partial charge in [-0.3, -0.25) is 0 Å². The number of hydrogen-bond acceptors (Lipinski definition) is 0. The fourth-order valence-electron chi connectivity index (χ4n) is 0.534. The van der Waals surface area contributed by atoms with Crippen molar-refractivity contribution >= 4 is 0 Å². The summed E-state index contributed by atoms with van der Waals surface area (Å²) in [6.07, 6.45) is 1.75. The molecule has 0 saturated carbocycles. The summed E-state index contributed by atoms with van der Waals surface area (Å²) in [4.78, 5) is 0. The average molecular weight is 134 g/mol. The predicted octanol–water partition coefficient (Wildman–Crippen LogP) is 3.19. The molecule has 0 aliphatic carbocycles. The summed E-state index contributed by atoms with van der Waals surface area (Å²) in [5, 5.41) is 0. The van der Waals surface area contributed by atoms with E-state index in [1.165, 1.54) is 5.56 Å². The summed E-state index contributed by atoms with van der Waals surface area (Å²) >= 11 is 0. The first kappa shape index (κ1) is 8.96. The van der Waals surface area contributed by atoms with Crippen LogP contribution in [0.3, 0.4) is 0 Å². The summed E-state index contributed by atoms with van der Waals surface area (Å²) in [7, 11) is 0. The summed E-state index contributed by atoms with van der Waals surface area (Å²) in [6, 6.07) is 10.3. The molecule has 1 rings (SSSR count). The van der Waals surface area contributed by atoms with E-state index >= 15 is 0 Å². The molecule has 0 heterocycles. The molecule has 0 radical (unpaired) electrons. The maximum atomic E-state index is 3.36. The van der Waals surface area contributed by atoms with Crippen molar-refractivity contribution in [2.75, 3.05) is 0 Å². The molecule has 1 aromatic rings. The normalized spacial score (nSPS) is 7.40. The van der Waals surface area contributed by atoms with Crippen LogP contribution in [-0.4, -0.2) is 0 Å². The summed E-state index contributed by atoms with van der Waals surface area (Å²) in [5.74, 6) is 0. The molecule has 0 heteroatoms. The molecule has 0 fully saturated rings. The zero-order chi connectivity index (χ0) is 7.82. The molecule has 54 valence electrons. The molecule has 0 saturated heterocycles. The Hall–Kier alpha value is -1.04. The zero-order valence-electron chi connectivity index (χ0n) is 6.67. The smallest absolute Gasteiger partial charge is 0.0398 e. The average Bonchev–Trinajstić information content (AvgIpc) is 1.91. The van der Waals surface area contributed by atoms with Crippen molar-refractivity contribution < 1.29 is 0 Å². The number of benzene rings is 1. The van der Waals surface area contributed by atoms with Crippen molar-refractivity contribution in [3.8, 4) is 0 Å². The maximum absolute atomic E-state index is 3.36. The van der Waals surface area contributed by atoms with Crippen LogP contribution in [-0.2, 0) is 0 Å². The van der Waals surface area contributed by atoms with Crippen molar-refractivity contribution in [3.05, 3.63) is 48.6 Å². The van der Waals surface area contributed by atoms with Crippen LogP contribution in [0.1, 0.15) is 12.5 Å². The highest BCUT2D eigenvalue weighted by molar-refractivity contribution is 5.11. The predicted molar refractivity (Wildman–Crippen MR) is 47.1 cm³/mol. The van der Waals surface area contributed by atoms with Gasteiger partial charge < -0.3 is 0 Å². The minimum absolute atomic E-state index is 1.32. The molecular weight excluding hydrogens is 120 g/mol. The van der Waals surface area contributed by atoms with E-state index in [0.29, 0.717) is 0 Å². The lowest BCUT2D eigenvalue weighted by molar-refractivity contribution is 1.48. The fourth-order valence-corrected chi connectivity index (χ4v) is 0.534. The molecule has 0 nitrogen and oxygen atoms in total. The topological polar surface area (TPSA) is 0 Å². The van der Waals surface area contributed by atoms with Crippen LogP contribution >= 0.6 is 0 Å². The van der Waals surface area contributed by atoms with Crippen LogP contribution in [0.4, 0.5) is 0 Å². The Morgan fingerprint density at radius 1 is 1.20 bits per heavy atom. The van der Waals surface area contributed by atoms with Crippen molar-refractivity contribution in [1.29, 1.82) is 0 Å². The van der Waals surface area contributed by atoms with Gasteiger partial charge in [0.05, 0.1) is 0 Å². The van der Waals surface area contributed by atoms with Crippen LogP contribution < -0.4 is 0 Å². The van der Waals surface area contributed by atoms with E-state index in [2.05, 4.69) is 25.6 Å². The van der Waals surface area contributed by atoms with Crippen LogP contribution in [0.25, 0.3) is 0 Å². The summed E-state index contributed by atoms with van der Waals surface area (Å²) in [6.45, 7) is 7.33. The third-order valence-corrected chi connectivity index (χ3v) is 0.940. The van der Waals surface area contributed by atoms with Gasteiger partial charge in [0.25, 0.3) is 0 Å². The van der Waals surface area contributed by atoms with Crippen molar-refractivity contribution in [3.63, 3.8) is 0 Å². The van der Waals surface area contributed by atoms with Gasteiger partial charge in [0.2, 0.25) is 0 Å². The number of hydrogen-bond donors (Lipinski definition) is 0. The quantitative estimate of drug-likeness (QED) is 0.478. The van der Waals surface area contributed by atoms with E-state index < -0.39 is 0 Å². The minimum atomic E-state index is 1.32. The number of aryl methyl sites for hydroxylation is 1. The molecule has 0 aliphatic heterocycles. The highest BCUT2D eigenvalue weighted by atomic mass is 13.8. The van der Waals surface area contributed by atoms with E-state index in [1.807, 2.05) is 25.1 Å². The molecule has 0 atom stereocenters.